The van der Waals surface area contributed by atoms with Gasteiger partial charge in [-0.3, -0.25) is 10.1 Å². The average Bonchev–Trinajstić information content (AvgIpc) is 3.40. The number of aliphatic imine (C=N–C) groups is 1. The monoisotopic (exact) mass is 420 g/mol. The Morgan fingerprint density at radius 1 is 0.906 bits per heavy atom. The van der Waals surface area contributed by atoms with E-state index in [1.54, 1.807) is 0 Å². The summed E-state index contributed by atoms with van der Waals surface area (Å²) in [6.07, 6.45) is 1.85. The molecular formula is C26H24N6. The van der Waals surface area contributed by atoms with E-state index in [1.807, 2.05) is 51.2 Å². The lowest BCUT2D eigenvalue weighted by atomic mass is 10.0. The topological polar surface area (TPSA) is 82.6 Å². The summed E-state index contributed by atoms with van der Waals surface area (Å²) in [6, 6.07) is 18.6. The Balaban J connectivity index is 1.63. The summed E-state index contributed by atoms with van der Waals surface area (Å²) in [5.41, 5.74) is 10.6. The van der Waals surface area contributed by atoms with Gasteiger partial charge in [-0.1, -0.05) is 42.0 Å². The highest BCUT2D eigenvalue weighted by Crippen LogP contribution is 2.31. The van der Waals surface area contributed by atoms with E-state index in [0.29, 0.717) is 11.5 Å². The van der Waals surface area contributed by atoms with Crippen LogP contribution in [0.15, 0.2) is 65.8 Å². The number of aromatic nitrogens is 5. The van der Waals surface area contributed by atoms with Crippen LogP contribution in [0.3, 0.4) is 0 Å². The number of aryl methyl sites for hydroxylation is 1. The molecule has 6 heteroatoms. The van der Waals surface area contributed by atoms with Crippen LogP contribution in [0.25, 0.3) is 50.3 Å². The lowest BCUT2D eigenvalue weighted by molar-refractivity contribution is 1.10. The van der Waals surface area contributed by atoms with Crippen LogP contribution in [-0.4, -0.2) is 30.9 Å². The molecule has 0 saturated heterocycles. The van der Waals surface area contributed by atoms with Gasteiger partial charge in [-0.05, 0) is 57.0 Å². The number of imidazole rings is 1. The van der Waals surface area contributed by atoms with E-state index in [-0.39, 0.29) is 0 Å². The number of hydrogen-bond acceptors (Lipinski definition) is 4. The number of nitrogens with one attached hydrogen (secondary N) is 2. The SMILES string of the molecule is CC(C)=N/C=C(\C)c1ccc2[nH]nc(-c3nc4c(-c5cccc(C)c5)cccc4[nH]3)c2n1. The minimum atomic E-state index is 0.694. The summed E-state index contributed by atoms with van der Waals surface area (Å²) in [5, 5.41) is 7.61. The first-order chi connectivity index (χ1) is 15.5. The molecule has 0 atom stereocenters. The molecule has 2 aromatic carbocycles. The van der Waals surface area contributed by atoms with Crippen molar-refractivity contribution in [1.29, 1.82) is 0 Å². The summed E-state index contributed by atoms with van der Waals surface area (Å²) < 4.78 is 0. The van der Waals surface area contributed by atoms with Crippen molar-refractivity contribution in [2.24, 2.45) is 4.99 Å². The minimum Gasteiger partial charge on any atom is -0.336 e. The Morgan fingerprint density at radius 2 is 1.75 bits per heavy atom. The van der Waals surface area contributed by atoms with Crippen LogP contribution in [0, 0.1) is 6.92 Å². The third-order valence-corrected chi connectivity index (χ3v) is 5.39. The molecule has 0 radical (unpaired) electrons. The van der Waals surface area contributed by atoms with Gasteiger partial charge in [0, 0.05) is 17.5 Å². The number of pyridine rings is 1. The van der Waals surface area contributed by atoms with E-state index in [0.717, 1.165) is 50.2 Å². The molecule has 0 amide bonds. The Labute approximate surface area is 186 Å². The zero-order chi connectivity index (χ0) is 22.2. The number of benzene rings is 2. The Kier molecular flexibility index (Phi) is 4.90. The van der Waals surface area contributed by atoms with E-state index in [2.05, 4.69) is 57.4 Å². The number of aromatic amines is 2. The first-order valence-corrected chi connectivity index (χ1v) is 10.6. The molecule has 3 heterocycles. The second-order valence-electron chi connectivity index (χ2n) is 8.21. The molecule has 3 aromatic heterocycles. The van der Waals surface area contributed by atoms with Gasteiger partial charge in [0.05, 0.1) is 22.2 Å². The van der Waals surface area contributed by atoms with Gasteiger partial charge in [0.2, 0.25) is 0 Å². The lowest BCUT2D eigenvalue weighted by Gasteiger charge is -2.03. The van der Waals surface area contributed by atoms with Gasteiger partial charge in [0.15, 0.2) is 11.5 Å². The second kappa shape index (κ2) is 7.89. The molecular weight excluding hydrogens is 396 g/mol. The summed E-state index contributed by atoms with van der Waals surface area (Å²) in [6.45, 7) is 8.06. The summed E-state index contributed by atoms with van der Waals surface area (Å²) >= 11 is 0. The quantitative estimate of drug-likeness (QED) is 0.334. The molecule has 0 aliphatic heterocycles. The standard InChI is InChI=1S/C26H24N6/c1-15(2)27-14-17(4)20-11-12-22-24(28-20)25(32-31-22)26-29-21-10-6-9-19(23(21)30-26)18-8-5-7-16(3)13-18/h5-14H,1-4H3,(H,29,30)(H,31,32)/b17-14+. The Hall–Kier alpha value is -4.06. The van der Waals surface area contributed by atoms with Crippen molar-refractivity contribution in [3.05, 3.63) is 72.1 Å². The fraction of sp³-hybridized carbons (Fsp3) is 0.154. The Morgan fingerprint density at radius 3 is 2.56 bits per heavy atom. The number of fused-ring (bicyclic) bond motifs is 2. The number of allylic oxidation sites excluding steroid dienone is 1. The summed E-state index contributed by atoms with van der Waals surface area (Å²) in [4.78, 5) is 17.6. The van der Waals surface area contributed by atoms with Crippen molar-refractivity contribution >= 4 is 33.4 Å². The van der Waals surface area contributed by atoms with Gasteiger partial charge >= 0.3 is 0 Å². The van der Waals surface area contributed by atoms with Crippen LogP contribution in [0.1, 0.15) is 32.0 Å². The van der Waals surface area contributed by atoms with Gasteiger partial charge in [-0.15, -0.1) is 0 Å². The fourth-order valence-electron chi connectivity index (χ4n) is 3.77. The molecule has 0 aliphatic carbocycles. The maximum atomic E-state index is 4.93. The zero-order valence-electron chi connectivity index (χ0n) is 18.6. The van der Waals surface area contributed by atoms with Crippen LogP contribution >= 0.6 is 0 Å². The highest BCUT2D eigenvalue weighted by molar-refractivity contribution is 5.96. The number of rotatable bonds is 4. The molecule has 0 spiro atoms. The zero-order valence-corrected chi connectivity index (χ0v) is 18.6. The van der Waals surface area contributed by atoms with E-state index in [9.17, 15) is 0 Å². The predicted octanol–water partition coefficient (Wildman–Crippen LogP) is 6.32. The van der Waals surface area contributed by atoms with Crippen LogP contribution in [0.5, 0.6) is 0 Å². The maximum Gasteiger partial charge on any atom is 0.161 e. The first kappa shape index (κ1) is 19.9. The lowest BCUT2D eigenvalue weighted by Crippen LogP contribution is -1.89. The summed E-state index contributed by atoms with van der Waals surface area (Å²) in [7, 11) is 0. The van der Waals surface area contributed by atoms with E-state index in [4.69, 9.17) is 9.97 Å². The molecule has 2 N–H and O–H groups in total. The molecule has 158 valence electrons. The fourth-order valence-corrected chi connectivity index (χ4v) is 3.77. The third-order valence-electron chi connectivity index (χ3n) is 5.39. The number of hydrogen-bond donors (Lipinski definition) is 2. The van der Waals surface area contributed by atoms with Crippen LogP contribution in [-0.2, 0) is 0 Å². The average molecular weight is 421 g/mol. The first-order valence-electron chi connectivity index (χ1n) is 10.6. The van der Waals surface area contributed by atoms with E-state index >= 15 is 0 Å². The van der Waals surface area contributed by atoms with Gasteiger partial charge < -0.3 is 4.98 Å². The third kappa shape index (κ3) is 3.60. The van der Waals surface area contributed by atoms with Gasteiger partial charge in [0.25, 0.3) is 0 Å². The highest BCUT2D eigenvalue weighted by atomic mass is 15.1. The Bertz CT molecular complexity index is 1510. The van der Waals surface area contributed by atoms with E-state index in [1.165, 1.54) is 5.56 Å². The normalized spacial score (nSPS) is 11.9. The predicted molar refractivity (Wildman–Crippen MR) is 132 cm³/mol. The molecule has 0 saturated carbocycles. The van der Waals surface area contributed by atoms with Gasteiger partial charge in [0.1, 0.15) is 5.52 Å². The van der Waals surface area contributed by atoms with Crippen molar-refractivity contribution < 1.29 is 0 Å². The van der Waals surface area contributed by atoms with Crippen molar-refractivity contribution in [2.45, 2.75) is 27.7 Å². The van der Waals surface area contributed by atoms with Gasteiger partial charge in [-0.25, -0.2) is 9.97 Å². The molecule has 0 aliphatic rings. The molecule has 0 bridgehead atoms. The highest BCUT2D eigenvalue weighted by Gasteiger charge is 2.16. The smallest absolute Gasteiger partial charge is 0.161 e. The molecule has 32 heavy (non-hydrogen) atoms. The van der Waals surface area contributed by atoms with Crippen LogP contribution < -0.4 is 0 Å². The largest absolute Gasteiger partial charge is 0.336 e. The molecule has 0 unspecified atom stereocenters. The molecule has 5 rings (SSSR count). The van der Waals surface area contributed by atoms with Crippen molar-refractivity contribution in [3.63, 3.8) is 0 Å². The number of H-pyrrole nitrogens is 2. The van der Waals surface area contributed by atoms with E-state index < -0.39 is 0 Å². The summed E-state index contributed by atoms with van der Waals surface area (Å²) in [5.74, 6) is 0.694. The minimum absolute atomic E-state index is 0.694. The number of para-hydroxylation sites is 1. The maximum absolute atomic E-state index is 4.93. The van der Waals surface area contributed by atoms with Crippen molar-refractivity contribution in [2.75, 3.05) is 0 Å². The molecule has 0 fully saturated rings. The molecule has 6 nitrogen and oxygen atoms in total. The number of nitrogens with zero attached hydrogens (tertiary/aromatic N) is 4. The van der Waals surface area contributed by atoms with Gasteiger partial charge in [-0.2, -0.15) is 5.10 Å². The van der Waals surface area contributed by atoms with Crippen molar-refractivity contribution in [1.82, 2.24) is 25.1 Å². The molecule has 5 aromatic rings. The van der Waals surface area contributed by atoms with Crippen molar-refractivity contribution in [3.8, 4) is 22.6 Å². The second-order valence-corrected chi connectivity index (χ2v) is 8.21. The van der Waals surface area contributed by atoms with Crippen LogP contribution in [0.4, 0.5) is 0 Å². The van der Waals surface area contributed by atoms with Crippen LogP contribution in [0.2, 0.25) is 0 Å².